The Kier molecular flexibility index (Phi) is 5.06. The summed E-state index contributed by atoms with van der Waals surface area (Å²) < 4.78 is 5.65. The molecule has 1 aromatic rings. The summed E-state index contributed by atoms with van der Waals surface area (Å²) in [5.41, 5.74) is 6.48. The molecule has 0 bridgehead atoms. The zero-order valence-corrected chi connectivity index (χ0v) is 12.4. The van der Waals surface area contributed by atoms with Gasteiger partial charge in [0.2, 0.25) is 5.88 Å². The molecule has 0 radical (unpaired) electrons. The van der Waals surface area contributed by atoms with Crippen molar-refractivity contribution in [3.05, 3.63) is 12.1 Å². The summed E-state index contributed by atoms with van der Waals surface area (Å²) in [5.74, 6) is 1.97. The van der Waals surface area contributed by atoms with E-state index in [-0.39, 0.29) is 12.7 Å². The highest BCUT2D eigenvalue weighted by atomic mass is 16.5. The minimum absolute atomic E-state index is 0.0588. The van der Waals surface area contributed by atoms with Gasteiger partial charge >= 0.3 is 0 Å². The number of hydrogen-bond donors (Lipinski definition) is 2. The van der Waals surface area contributed by atoms with Gasteiger partial charge in [-0.1, -0.05) is 0 Å². The highest BCUT2D eigenvalue weighted by molar-refractivity contribution is 5.54. The summed E-state index contributed by atoms with van der Waals surface area (Å²) in [6.45, 7) is 6.13. The maximum atomic E-state index is 9.08. The Bertz CT molecular complexity index is 435. The molecule has 0 spiro atoms. The SMILES string of the molecule is CC(C)Oc1nc(N2CCCC(CCO)C2)ccc1N. The van der Waals surface area contributed by atoms with Crippen LogP contribution in [-0.2, 0) is 0 Å². The third-order valence-corrected chi connectivity index (χ3v) is 3.60. The fourth-order valence-electron chi connectivity index (χ4n) is 2.63. The van der Waals surface area contributed by atoms with Crippen LogP contribution >= 0.6 is 0 Å². The number of aliphatic hydroxyl groups is 1. The van der Waals surface area contributed by atoms with Crippen LogP contribution in [0.4, 0.5) is 11.5 Å². The first-order valence-corrected chi connectivity index (χ1v) is 7.39. The van der Waals surface area contributed by atoms with Gasteiger partial charge in [0.05, 0.1) is 11.8 Å². The predicted molar refractivity (Wildman–Crippen MR) is 81.1 cm³/mol. The maximum absolute atomic E-state index is 9.08. The first kappa shape index (κ1) is 14.9. The predicted octanol–water partition coefficient (Wildman–Crippen LogP) is 2.05. The molecule has 5 heteroatoms. The van der Waals surface area contributed by atoms with E-state index in [1.165, 1.54) is 6.42 Å². The molecule has 2 rings (SSSR count). The molecule has 0 aromatic carbocycles. The van der Waals surface area contributed by atoms with Gasteiger partial charge in [0.15, 0.2) is 0 Å². The van der Waals surface area contributed by atoms with Crippen molar-refractivity contribution in [1.82, 2.24) is 4.98 Å². The third kappa shape index (κ3) is 3.76. The van der Waals surface area contributed by atoms with Gasteiger partial charge in [-0.3, -0.25) is 0 Å². The molecule has 0 amide bonds. The van der Waals surface area contributed by atoms with Gasteiger partial charge in [-0.15, -0.1) is 0 Å². The van der Waals surface area contributed by atoms with Crippen molar-refractivity contribution in [2.24, 2.45) is 5.92 Å². The highest BCUT2D eigenvalue weighted by Gasteiger charge is 2.21. The van der Waals surface area contributed by atoms with Crippen molar-refractivity contribution < 1.29 is 9.84 Å². The first-order chi connectivity index (χ1) is 9.60. The number of piperidine rings is 1. The van der Waals surface area contributed by atoms with Crippen molar-refractivity contribution in [1.29, 1.82) is 0 Å². The number of anilines is 2. The van der Waals surface area contributed by atoms with E-state index >= 15 is 0 Å². The van der Waals surface area contributed by atoms with Crippen molar-refractivity contribution in [3.8, 4) is 5.88 Å². The molecule has 1 aliphatic heterocycles. The van der Waals surface area contributed by atoms with E-state index in [1.54, 1.807) is 0 Å². The maximum Gasteiger partial charge on any atom is 0.239 e. The smallest absolute Gasteiger partial charge is 0.239 e. The number of nitrogens with two attached hydrogens (primary N) is 1. The molecule has 112 valence electrons. The summed E-state index contributed by atoms with van der Waals surface area (Å²) in [5, 5.41) is 9.08. The Morgan fingerprint density at radius 3 is 3.00 bits per heavy atom. The monoisotopic (exact) mass is 279 g/mol. The van der Waals surface area contributed by atoms with Crippen molar-refractivity contribution in [2.45, 2.75) is 39.2 Å². The minimum Gasteiger partial charge on any atom is -0.473 e. The normalized spacial score (nSPS) is 19.4. The lowest BCUT2D eigenvalue weighted by Crippen LogP contribution is -2.36. The zero-order valence-electron chi connectivity index (χ0n) is 12.4. The number of rotatable bonds is 5. The Morgan fingerprint density at radius 2 is 2.30 bits per heavy atom. The Balaban J connectivity index is 2.11. The minimum atomic E-state index is 0.0588. The molecule has 3 N–H and O–H groups in total. The molecular formula is C15H25N3O2. The molecule has 1 aromatic heterocycles. The molecule has 0 aliphatic carbocycles. The Morgan fingerprint density at radius 1 is 1.50 bits per heavy atom. The number of ether oxygens (including phenoxy) is 1. The summed E-state index contributed by atoms with van der Waals surface area (Å²) in [7, 11) is 0. The number of pyridine rings is 1. The van der Waals surface area contributed by atoms with Crippen LogP contribution in [0.3, 0.4) is 0 Å². The summed E-state index contributed by atoms with van der Waals surface area (Å²) in [6.07, 6.45) is 3.24. The highest BCUT2D eigenvalue weighted by Crippen LogP contribution is 2.28. The molecule has 1 aliphatic rings. The molecular weight excluding hydrogens is 254 g/mol. The second-order valence-corrected chi connectivity index (χ2v) is 5.70. The molecule has 1 unspecified atom stereocenters. The average molecular weight is 279 g/mol. The summed E-state index contributed by atoms with van der Waals surface area (Å²) in [6, 6.07) is 3.81. The van der Waals surface area contributed by atoms with Gasteiger partial charge in [-0.25, -0.2) is 0 Å². The van der Waals surface area contributed by atoms with Gasteiger partial charge < -0.3 is 20.5 Å². The van der Waals surface area contributed by atoms with Crippen LogP contribution in [0.25, 0.3) is 0 Å². The van der Waals surface area contributed by atoms with Crippen LogP contribution in [0.15, 0.2) is 12.1 Å². The second-order valence-electron chi connectivity index (χ2n) is 5.70. The average Bonchev–Trinajstić information content (AvgIpc) is 2.41. The van der Waals surface area contributed by atoms with E-state index in [9.17, 15) is 0 Å². The molecule has 20 heavy (non-hydrogen) atoms. The van der Waals surface area contributed by atoms with Crippen LogP contribution in [0, 0.1) is 5.92 Å². The van der Waals surface area contributed by atoms with Gasteiger partial charge in [-0.2, -0.15) is 4.98 Å². The number of aromatic nitrogens is 1. The van der Waals surface area contributed by atoms with E-state index in [4.69, 9.17) is 15.6 Å². The summed E-state index contributed by atoms with van der Waals surface area (Å²) >= 11 is 0. The first-order valence-electron chi connectivity index (χ1n) is 7.39. The number of hydrogen-bond acceptors (Lipinski definition) is 5. The fourth-order valence-corrected chi connectivity index (χ4v) is 2.63. The number of aliphatic hydroxyl groups excluding tert-OH is 1. The zero-order chi connectivity index (χ0) is 14.5. The van der Waals surface area contributed by atoms with Crippen molar-refractivity contribution in [2.75, 3.05) is 30.3 Å². The van der Waals surface area contributed by atoms with E-state index < -0.39 is 0 Å². The van der Waals surface area contributed by atoms with Crippen LogP contribution < -0.4 is 15.4 Å². The second kappa shape index (κ2) is 6.79. The largest absolute Gasteiger partial charge is 0.473 e. The number of nitrogens with zero attached hydrogens (tertiary/aromatic N) is 2. The Labute approximate surface area is 120 Å². The van der Waals surface area contributed by atoms with Crippen LogP contribution in [0.2, 0.25) is 0 Å². The molecule has 5 nitrogen and oxygen atoms in total. The van der Waals surface area contributed by atoms with E-state index in [0.29, 0.717) is 17.5 Å². The van der Waals surface area contributed by atoms with Gasteiger partial charge in [0.1, 0.15) is 5.82 Å². The Hall–Kier alpha value is -1.49. The summed E-state index contributed by atoms with van der Waals surface area (Å²) in [4.78, 5) is 6.81. The third-order valence-electron chi connectivity index (χ3n) is 3.60. The van der Waals surface area contributed by atoms with E-state index in [0.717, 1.165) is 31.7 Å². The lowest BCUT2D eigenvalue weighted by Gasteiger charge is -2.33. The van der Waals surface area contributed by atoms with E-state index in [1.807, 2.05) is 26.0 Å². The van der Waals surface area contributed by atoms with Crippen LogP contribution in [-0.4, -0.2) is 35.9 Å². The van der Waals surface area contributed by atoms with Crippen molar-refractivity contribution in [3.63, 3.8) is 0 Å². The quantitative estimate of drug-likeness (QED) is 0.863. The fraction of sp³-hybridized carbons (Fsp3) is 0.667. The molecule has 1 fully saturated rings. The lowest BCUT2D eigenvalue weighted by molar-refractivity contribution is 0.233. The van der Waals surface area contributed by atoms with E-state index in [2.05, 4.69) is 9.88 Å². The molecule has 2 heterocycles. The lowest BCUT2D eigenvalue weighted by atomic mass is 9.95. The topological polar surface area (TPSA) is 71.6 Å². The van der Waals surface area contributed by atoms with Gasteiger partial charge in [0.25, 0.3) is 0 Å². The van der Waals surface area contributed by atoms with Gasteiger partial charge in [0, 0.05) is 19.7 Å². The standard InChI is InChI=1S/C15H25N3O2/c1-11(2)20-15-13(16)5-6-14(17-15)18-8-3-4-12(10-18)7-9-19/h5-6,11-12,19H,3-4,7-10,16H2,1-2H3. The van der Waals surface area contributed by atoms with Crippen LogP contribution in [0.5, 0.6) is 5.88 Å². The van der Waals surface area contributed by atoms with Crippen molar-refractivity contribution >= 4 is 11.5 Å². The van der Waals surface area contributed by atoms with Gasteiger partial charge in [-0.05, 0) is 51.2 Å². The number of nitrogen functional groups attached to an aromatic ring is 1. The molecule has 1 atom stereocenters. The molecule has 0 saturated carbocycles. The molecule has 1 saturated heterocycles. The van der Waals surface area contributed by atoms with Crippen LogP contribution in [0.1, 0.15) is 33.1 Å².